The molecule has 3 rings (SSSR count). The molecule has 0 spiro atoms. The van der Waals surface area contributed by atoms with Crippen molar-refractivity contribution >= 4 is 17.6 Å². The van der Waals surface area contributed by atoms with E-state index >= 15 is 0 Å². The molecule has 124 valence electrons. The summed E-state index contributed by atoms with van der Waals surface area (Å²) in [6.45, 7) is 3.64. The fourth-order valence-electron chi connectivity index (χ4n) is 2.28. The number of hydrogen-bond acceptors (Lipinski definition) is 6. The Labute approximate surface area is 145 Å². The summed E-state index contributed by atoms with van der Waals surface area (Å²) in [5, 5.41) is 12.2. The normalized spacial score (nSPS) is 10.7. The van der Waals surface area contributed by atoms with E-state index in [0.29, 0.717) is 0 Å². The SMILES string of the molecule is CCc1nncn1CCNc1cncc(SCc2ccccc2)n1. The van der Waals surface area contributed by atoms with Crippen molar-refractivity contribution in [3.05, 3.63) is 60.4 Å². The van der Waals surface area contributed by atoms with Gasteiger partial charge in [-0.3, -0.25) is 4.98 Å². The number of benzene rings is 1. The highest BCUT2D eigenvalue weighted by molar-refractivity contribution is 7.98. The van der Waals surface area contributed by atoms with E-state index in [1.807, 2.05) is 6.07 Å². The van der Waals surface area contributed by atoms with Gasteiger partial charge in [0.2, 0.25) is 0 Å². The van der Waals surface area contributed by atoms with Crippen LogP contribution >= 0.6 is 11.8 Å². The zero-order valence-electron chi connectivity index (χ0n) is 13.6. The molecule has 7 heteroatoms. The van der Waals surface area contributed by atoms with E-state index < -0.39 is 0 Å². The lowest BCUT2D eigenvalue weighted by atomic mass is 10.2. The third kappa shape index (κ3) is 4.55. The lowest BCUT2D eigenvalue weighted by Gasteiger charge is -2.08. The summed E-state index contributed by atoms with van der Waals surface area (Å²) < 4.78 is 2.05. The molecule has 0 bridgehead atoms. The number of hydrogen-bond donors (Lipinski definition) is 1. The molecule has 0 saturated carbocycles. The van der Waals surface area contributed by atoms with E-state index in [-0.39, 0.29) is 0 Å². The first-order valence-electron chi connectivity index (χ1n) is 7.94. The highest BCUT2D eigenvalue weighted by atomic mass is 32.2. The molecule has 0 saturated heterocycles. The maximum atomic E-state index is 4.60. The second-order valence-corrected chi connectivity index (χ2v) is 6.23. The van der Waals surface area contributed by atoms with Gasteiger partial charge in [0.05, 0.1) is 12.4 Å². The van der Waals surface area contributed by atoms with Crippen molar-refractivity contribution in [1.82, 2.24) is 24.7 Å². The van der Waals surface area contributed by atoms with Crippen LogP contribution in [0.2, 0.25) is 0 Å². The lowest BCUT2D eigenvalue weighted by molar-refractivity contribution is 0.679. The minimum absolute atomic E-state index is 0.756. The average molecular weight is 340 g/mol. The van der Waals surface area contributed by atoms with Crippen LogP contribution in [0.4, 0.5) is 5.82 Å². The second kappa shape index (κ2) is 8.44. The number of aryl methyl sites for hydroxylation is 1. The smallest absolute Gasteiger partial charge is 0.145 e. The van der Waals surface area contributed by atoms with Crippen LogP contribution in [-0.4, -0.2) is 31.3 Å². The molecule has 6 nitrogen and oxygen atoms in total. The standard InChI is InChI=1S/C17H20N6S/c1-2-16-22-20-13-23(16)9-8-19-15-10-18-11-17(21-15)24-12-14-6-4-3-5-7-14/h3-7,10-11,13H,2,8-9,12H2,1H3,(H,19,21). The largest absolute Gasteiger partial charge is 0.367 e. The van der Waals surface area contributed by atoms with Crippen LogP contribution in [0.3, 0.4) is 0 Å². The number of nitrogens with one attached hydrogen (secondary N) is 1. The third-order valence-corrected chi connectivity index (χ3v) is 4.48. The van der Waals surface area contributed by atoms with Crippen molar-refractivity contribution in [2.45, 2.75) is 30.7 Å². The Kier molecular flexibility index (Phi) is 5.79. The van der Waals surface area contributed by atoms with Gasteiger partial charge in [0.25, 0.3) is 0 Å². The molecule has 0 aliphatic rings. The molecule has 2 heterocycles. The van der Waals surface area contributed by atoms with Gasteiger partial charge >= 0.3 is 0 Å². The van der Waals surface area contributed by atoms with Gasteiger partial charge in [-0.15, -0.1) is 22.0 Å². The van der Waals surface area contributed by atoms with Crippen LogP contribution in [-0.2, 0) is 18.7 Å². The van der Waals surface area contributed by atoms with Crippen molar-refractivity contribution in [1.29, 1.82) is 0 Å². The van der Waals surface area contributed by atoms with Gasteiger partial charge in [0.1, 0.15) is 23.0 Å². The predicted molar refractivity (Wildman–Crippen MR) is 95.9 cm³/mol. The van der Waals surface area contributed by atoms with E-state index in [4.69, 9.17) is 0 Å². The summed E-state index contributed by atoms with van der Waals surface area (Å²) in [6.07, 6.45) is 6.19. The van der Waals surface area contributed by atoms with Gasteiger partial charge in [-0.1, -0.05) is 37.3 Å². The highest BCUT2D eigenvalue weighted by Gasteiger charge is 2.03. The zero-order valence-corrected chi connectivity index (χ0v) is 14.4. The van der Waals surface area contributed by atoms with Crippen molar-refractivity contribution in [3.8, 4) is 0 Å². The lowest BCUT2D eigenvalue weighted by Crippen LogP contribution is -2.13. The van der Waals surface area contributed by atoms with E-state index in [2.05, 4.69) is 61.2 Å². The predicted octanol–water partition coefficient (Wildman–Crippen LogP) is 3.03. The average Bonchev–Trinajstić information content (AvgIpc) is 3.09. The van der Waals surface area contributed by atoms with Crippen LogP contribution in [0.1, 0.15) is 18.3 Å². The van der Waals surface area contributed by atoms with Gasteiger partial charge < -0.3 is 9.88 Å². The number of rotatable bonds is 8. The summed E-state index contributed by atoms with van der Waals surface area (Å²) in [4.78, 5) is 8.87. The fourth-order valence-corrected chi connectivity index (χ4v) is 3.08. The Morgan fingerprint density at radius 2 is 2.04 bits per heavy atom. The quantitative estimate of drug-likeness (QED) is 0.636. The van der Waals surface area contributed by atoms with Crippen LogP contribution in [0, 0.1) is 0 Å². The Morgan fingerprint density at radius 1 is 1.17 bits per heavy atom. The monoisotopic (exact) mass is 340 g/mol. The molecular weight excluding hydrogens is 320 g/mol. The first kappa shape index (κ1) is 16.4. The molecular formula is C17H20N6S. The summed E-state index contributed by atoms with van der Waals surface area (Å²) in [5.74, 6) is 2.67. The van der Waals surface area contributed by atoms with Crippen molar-refractivity contribution < 1.29 is 0 Å². The van der Waals surface area contributed by atoms with E-state index in [0.717, 1.165) is 41.9 Å². The summed E-state index contributed by atoms with van der Waals surface area (Å²) in [7, 11) is 0. The number of anilines is 1. The number of aromatic nitrogens is 5. The molecule has 0 radical (unpaired) electrons. The summed E-state index contributed by atoms with van der Waals surface area (Å²) >= 11 is 1.69. The van der Waals surface area contributed by atoms with Crippen molar-refractivity contribution in [3.63, 3.8) is 0 Å². The first-order valence-corrected chi connectivity index (χ1v) is 8.93. The maximum Gasteiger partial charge on any atom is 0.145 e. The van der Waals surface area contributed by atoms with Gasteiger partial charge in [-0.05, 0) is 5.56 Å². The Hall–Kier alpha value is -2.41. The van der Waals surface area contributed by atoms with Crippen LogP contribution in [0.15, 0.2) is 54.1 Å². The zero-order chi connectivity index (χ0) is 16.6. The molecule has 1 N–H and O–H groups in total. The van der Waals surface area contributed by atoms with Gasteiger partial charge in [0, 0.05) is 25.3 Å². The molecule has 0 aliphatic carbocycles. The second-order valence-electron chi connectivity index (χ2n) is 5.24. The minimum Gasteiger partial charge on any atom is -0.367 e. The molecule has 0 unspecified atom stereocenters. The number of nitrogens with zero attached hydrogens (tertiary/aromatic N) is 5. The molecule has 1 aromatic carbocycles. The molecule has 0 fully saturated rings. The third-order valence-electron chi connectivity index (χ3n) is 3.51. The molecule has 0 aliphatic heterocycles. The minimum atomic E-state index is 0.756. The van der Waals surface area contributed by atoms with Gasteiger partial charge in [0.15, 0.2) is 0 Å². The van der Waals surface area contributed by atoms with Crippen LogP contribution in [0.25, 0.3) is 0 Å². The molecule has 2 aromatic heterocycles. The van der Waals surface area contributed by atoms with Gasteiger partial charge in [-0.2, -0.15) is 0 Å². The van der Waals surface area contributed by atoms with E-state index in [9.17, 15) is 0 Å². The topological polar surface area (TPSA) is 68.5 Å². The summed E-state index contributed by atoms with van der Waals surface area (Å²) in [5.41, 5.74) is 1.28. The van der Waals surface area contributed by atoms with Crippen molar-refractivity contribution in [2.75, 3.05) is 11.9 Å². The molecule has 0 amide bonds. The number of thioether (sulfide) groups is 1. The van der Waals surface area contributed by atoms with Gasteiger partial charge in [-0.25, -0.2) is 4.98 Å². The molecule has 3 aromatic rings. The Balaban J connectivity index is 1.51. The van der Waals surface area contributed by atoms with E-state index in [1.165, 1.54) is 5.56 Å². The summed E-state index contributed by atoms with van der Waals surface area (Å²) in [6, 6.07) is 10.4. The Bertz CT molecular complexity index is 759. The molecule has 24 heavy (non-hydrogen) atoms. The Morgan fingerprint density at radius 3 is 2.88 bits per heavy atom. The van der Waals surface area contributed by atoms with Crippen LogP contribution in [0.5, 0.6) is 0 Å². The van der Waals surface area contributed by atoms with Crippen LogP contribution < -0.4 is 5.32 Å². The first-order chi connectivity index (χ1) is 11.8. The highest BCUT2D eigenvalue weighted by Crippen LogP contribution is 2.20. The maximum absolute atomic E-state index is 4.60. The fraction of sp³-hybridized carbons (Fsp3) is 0.294. The molecule has 0 atom stereocenters. The van der Waals surface area contributed by atoms with E-state index in [1.54, 1.807) is 30.5 Å². The van der Waals surface area contributed by atoms with Crippen molar-refractivity contribution in [2.24, 2.45) is 0 Å².